The van der Waals surface area contributed by atoms with E-state index in [2.05, 4.69) is 5.16 Å². The molecule has 0 saturated heterocycles. The maximum Gasteiger partial charge on any atom is 0.280 e. The molecule has 0 atom stereocenters. The summed E-state index contributed by atoms with van der Waals surface area (Å²) in [7, 11) is 0. The van der Waals surface area contributed by atoms with Crippen LogP contribution in [0.3, 0.4) is 0 Å². The van der Waals surface area contributed by atoms with Crippen molar-refractivity contribution >= 4 is 11.6 Å². The molecule has 1 heterocycles. The van der Waals surface area contributed by atoms with Gasteiger partial charge in [0.25, 0.3) is 5.91 Å². The largest absolute Gasteiger partial charge is 0.355 e. The van der Waals surface area contributed by atoms with E-state index in [9.17, 15) is 9.18 Å². The van der Waals surface area contributed by atoms with Gasteiger partial charge in [0.1, 0.15) is 5.82 Å². The maximum atomic E-state index is 13.7. The Morgan fingerprint density at radius 3 is 2.58 bits per heavy atom. The number of carbonyl (C=O) groups is 1. The Balaban J connectivity index is 1.89. The Morgan fingerprint density at radius 1 is 1.17 bits per heavy atom. The van der Waals surface area contributed by atoms with Gasteiger partial charge in [0.2, 0.25) is 0 Å². The van der Waals surface area contributed by atoms with E-state index in [1.165, 1.54) is 12.1 Å². The van der Waals surface area contributed by atoms with Crippen molar-refractivity contribution < 1.29 is 13.7 Å². The molecule has 0 unspecified atom stereocenters. The van der Waals surface area contributed by atoms with Crippen molar-refractivity contribution in [1.29, 1.82) is 0 Å². The highest BCUT2D eigenvalue weighted by Gasteiger charge is 2.20. The molecular weight excluding hydrogens is 307 g/mol. The molecule has 1 aromatic heterocycles. The molecule has 3 rings (SSSR count). The highest BCUT2D eigenvalue weighted by Crippen LogP contribution is 2.24. The quantitative estimate of drug-likeness (QED) is 0.712. The fourth-order valence-corrected chi connectivity index (χ4v) is 2.45. The minimum atomic E-state index is -0.323. The second kappa shape index (κ2) is 6.66. The van der Waals surface area contributed by atoms with Crippen molar-refractivity contribution in [2.24, 2.45) is 0 Å². The molecule has 0 saturated carbocycles. The molecule has 0 aliphatic heterocycles. The van der Waals surface area contributed by atoms with Crippen LogP contribution in [0.5, 0.6) is 0 Å². The summed E-state index contributed by atoms with van der Waals surface area (Å²) < 4.78 is 18.9. The van der Waals surface area contributed by atoms with Crippen molar-refractivity contribution in [1.82, 2.24) is 5.16 Å². The zero-order valence-corrected chi connectivity index (χ0v) is 13.5. The second-order valence-electron chi connectivity index (χ2n) is 5.43. The van der Waals surface area contributed by atoms with Gasteiger partial charge in [-0.2, -0.15) is 0 Å². The predicted molar refractivity (Wildman–Crippen MR) is 90.4 cm³/mol. The molecule has 0 aliphatic carbocycles. The van der Waals surface area contributed by atoms with Crippen LogP contribution in [0.2, 0.25) is 0 Å². The molecule has 24 heavy (non-hydrogen) atoms. The molecule has 0 spiro atoms. The SMILES string of the molecule is CCN(C(=O)c1cc(-c2ccc(C)c(F)c2)on1)c1ccccc1. The van der Waals surface area contributed by atoms with E-state index in [4.69, 9.17) is 4.52 Å². The zero-order chi connectivity index (χ0) is 17.1. The first-order chi connectivity index (χ1) is 11.6. The molecule has 1 amide bonds. The predicted octanol–water partition coefficient (Wildman–Crippen LogP) is 4.46. The number of halogens is 1. The third kappa shape index (κ3) is 3.06. The Hall–Kier alpha value is -2.95. The smallest absolute Gasteiger partial charge is 0.280 e. The van der Waals surface area contributed by atoms with E-state index in [0.29, 0.717) is 23.4 Å². The lowest BCUT2D eigenvalue weighted by Crippen LogP contribution is -2.30. The number of anilines is 1. The molecule has 0 N–H and O–H groups in total. The maximum absolute atomic E-state index is 13.7. The second-order valence-corrected chi connectivity index (χ2v) is 5.43. The van der Waals surface area contributed by atoms with Gasteiger partial charge in [-0.05, 0) is 37.6 Å². The molecule has 0 fully saturated rings. The van der Waals surface area contributed by atoms with Crippen LogP contribution < -0.4 is 4.90 Å². The Bertz CT molecular complexity index is 859. The number of benzene rings is 2. The Labute approximate surface area is 139 Å². The van der Waals surface area contributed by atoms with E-state index in [1.54, 1.807) is 24.0 Å². The summed E-state index contributed by atoms with van der Waals surface area (Å²) in [4.78, 5) is 14.3. The van der Waals surface area contributed by atoms with Crippen LogP contribution in [0.15, 0.2) is 59.1 Å². The summed E-state index contributed by atoms with van der Waals surface area (Å²) >= 11 is 0. The van der Waals surface area contributed by atoms with Gasteiger partial charge in [0.05, 0.1) is 0 Å². The molecule has 5 heteroatoms. The number of amides is 1. The van der Waals surface area contributed by atoms with Gasteiger partial charge in [-0.3, -0.25) is 4.79 Å². The Morgan fingerprint density at radius 2 is 1.92 bits per heavy atom. The molecule has 4 nitrogen and oxygen atoms in total. The minimum absolute atomic E-state index is 0.191. The van der Waals surface area contributed by atoms with E-state index >= 15 is 0 Å². The highest BCUT2D eigenvalue weighted by atomic mass is 19.1. The van der Waals surface area contributed by atoms with Crippen LogP contribution in [0, 0.1) is 12.7 Å². The number of para-hydroxylation sites is 1. The average Bonchev–Trinajstić information content (AvgIpc) is 3.09. The summed E-state index contributed by atoms with van der Waals surface area (Å²) in [5, 5.41) is 3.85. The molecule has 3 aromatic rings. The molecule has 2 aromatic carbocycles. The summed E-state index contributed by atoms with van der Waals surface area (Å²) in [6, 6.07) is 15.7. The van der Waals surface area contributed by atoms with Crippen molar-refractivity contribution in [3.63, 3.8) is 0 Å². The molecule has 0 bridgehead atoms. The molecular formula is C19H17FN2O2. The summed E-state index contributed by atoms with van der Waals surface area (Å²) in [5.74, 6) is -0.219. The number of hydrogen-bond donors (Lipinski definition) is 0. The van der Waals surface area contributed by atoms with Gasteiger partial charge in [0, 0.05) is 23.9 Å². The van der Waals surface area contributed by atoms with Crippen LogP contribution in [0.25, 0.3) is 11.3 Å². The number of aromatic nitrogens is 1. The van der Waals surface area contributed by atoms with E-state index in [-0.39, 0.29) is 17.4 Å². The van der Waals surface area contributed by atoms with Gasteiger partial charge in [-0.25, -0.2) is 4.39 Å². The van der Waals surface area contributed by atoms with Gasteiger partial charge in [0.15, 0.2) is 11.5 Å². The minimum Gasteiger partial charge on any atom is -0.355 e. The van der Waals surface area contributed by atoms with Crippen LogP contribution in [0.4, 0.5) is 10.1 Å². The lowest BCUT2D eigenvalue weighted by Gasteiger charge is -2.19. The number of aryl methyl sites for hydroxylation is 1. The number of hydrogen-bond acceptors (Lipinski definition) is 3. The fraction of sp³-hybridized carbons (Fsp3) is 0.158. The summed E-state index contributed by atoms with van der Waals surface area (Å²) in [6.07, 6.45) is 0. The normalized spacial score (nSPS) is 10.6. The monoisotopic (exact) mass is 324 g/mol. The highest BCUT2D eigenvalue weighted by molar-refractivity contribution is 6.05. The third-order valence-corrected chi connectivity index (χ3v) is 3.81. The zero-order valence-electron chi connectivity index (χ0n) is 13.5. The summed E-state index contributed by atoms with van der Waals surface area (Å²) in [5.41, 5.74) is 2.08. The van der Waals surface area contributed by atoms with Gasteiger partial charge in [-0.15, -0.1) is 0 Å². The van der Waals surface area contributed by atoms with Crippen LogP contribution in [0.1, 0.15) is 23.0 Å². The first kappa shape index (κ1) is 15.9. The van der Waals surface area contributed by atoms with E-state index < -0.39 is 0 Å². The van der Waals surface area contributed by atoms with Gasteiger partial charge < -0.3 is 9.42 Å². The third-order valence-electron chi connectivity index (χ3n) is 3.81. The molecule has 0 aliphatic rings. The van der Waals surface area contributed by atoms with Crippen molar-refractivity contribution in [3.05, 3.63) is 71.7 Å². The van der Waals surface area contributed by atoms with E-state index in [0.717, 1.165) is 5.69 Å². The number of rotatable bonds is 4. The molecule has 0 radical (unpaired) electrons. The van der Waals surface area contributed by atoms with Gasteiger partial charge >= 0.3 is 0 Å². The lowest BCUT2D eigenvalue weighted by molar-refractivity contribution is 0.0979. The van der Waals surface area contributed by atoms with Crippen LogP contribution >= 0.6 is 0 Å². The average molecular weight is 324 g/mol. The van der Waals surface area contributed by atoms with Gasteiger partial charge in [-0.1, -0.05) is 35.5 Å². The summed E-state index contributed by atoms with van der Waals surface area (Å²) in [6.45, 7) is 4.08. The van der Waals surface area contributed by atoms with Crippen molar-refractivity contribution in [2.45, 2.75) is 13.8 Å². The Kier molecular flexibility index (Phi) is 4.42. The standard InChI is InChI=1S/C19H17FN2O2/c1-3-22(15-7-5-4-6-8-15)19(23)17-12-18(24-21-17)14-10-9-13(2)16(20)11-14/h4-12H,3H2,1-2H3. The lowest BCUT2D eigenvalue weighted by atomic mass is 10.1. The van der Waals surface area contributed by atoms with Crippen LogP contribution in [-0.2, 0) is 0 Å². The first-order valence-corrected chi connectivity index (χ1v) is 7.70. The van der Waals surface area contributed by atoms with Crippen LogP contribution in [-0.4, -0.2) is 17.6 Å². The van der Waals surface area contributed by atoms with Crippen molar-refractivity contribution in [2.75, 3.05) is 11.4 Å². The van der Waals surface area contributed by atoms with E-state index in [1.807, 2.05) is 37.3 Å². The first-order valence-electron chi connectivity index (χ1n) is 7.70. The fourth-order valence-electron chi connectivity index (χ4n) is 2.45. The van der Waals surface area contributed by atoms with Crippen molar-refractivity contribution in [3.8, 4) is 11.3 Å². The molecule has 122 valence electrons. The number of nitrogens with zero attached hydrogens (tertiary/aromatic N) is 2. The topological polar surface area (TPSA) is 46.3 Å². The number of carbonyl (C=O) groups excluding carboxylic acids is 1.